The van der Waals surface area contributed by atoms with E-state index in [0.717, 1.165) is 55.1 Å². The first-order chi connectivity index (χ1) is 15.1. The summed E-state index contributed by atoms with van der Waals surface area (Å²) in [6, 6.07) is 1.73. The molecule has 0 spiro atoms. The molecule has 0 nitrogen and oxygen atoms in total. The molecule has 2 fully saturated rings. The number of unbranched alkanes of at least 4 members (excludes halogenated alkanes) is 3. The largest absolute Gasteiger partial charge is 0.207 e. The van der Waals surface area contributed by atoms with Crippen LogP contribution in [0.3, 0.4) is 0 Å². The van der Waals surface area contributed by atoms with E-state index in [4.69, 9.17) is 0 Å². The Morgan fingerprint density at radius 2 is 1.61 bits per heavy atom. The molecular weight excluding hydrogens is 386 g/mol. The van der Waals surface area contributed by atoms with Crippen molar-refractivity contribution in [1.29, 1.82) is 0 Å². The monoisotopic (exact) mass is 430 g/mol. The van der Waals surface area contributed by atoms with Crippen LogP contribution in [-0.2, 0) is 12.8 Å². The minimum absolute atomic E-state index is 0.0982. The first kappa shape index (κ1) is 23.2. The normalized spacial score (nSPS) is 30.6. The highest BCUT2D eigenvalue weighted by Gasteiger charge is 2.38. The van der Waals surface area contributed by atoms with Crippen molar-refractivity contribution in [1.82, 2.24) is 0 Å². The van der Waals surface area contributed by atoms with Crippen molar-refractivity contribution in [2.75, 3.05) is 0 Å². The van der Waals surface area contributed by atoms with E-state index < -0.39 is 0 Å². The first-order valence-electron chi connectivity index (χ1n) is 13.6. The Balaban J connectivity index is 1.42. The van der Waals surface area contributed by atoms with Crippen LogP contribution in [0.1, 0.15) is 126 Å². The van der Waals surface area contributed by atoms with Gasteiger partial charge in [-0.05, 0) is 98.1 Å². The van der Waals surface area contributed by atoms with E-state index in [1.54, 1.807) is 6.07 Å². The number of rotatable bonds is 8. The standard InChI is InChI=1S/C29H44F2/c1-3-5-6-7-9-21-11-15-26-25(17-21)19-27(30)28(29(26)31)24-14-13-22-16-20(8-4-2)10-12-23(22)18-24/h19-24H,3-18H2,1-2H3. The molecule has 4 rings (SSSR count). The maximum Gasteiger partial charge on any atom is 0.133 e. The molecule has 1 aromatic rings. The summed E-state index contributed by atoms with van der Waals surface area (Å²) in [5.41, 5.74) is 2.28. The molecule has 31 heavy (non-hydrogen) atoms. The lowest BCUT2D eigenvalue weighted by atomic mass is 9.63. The second-order valence-electron chi connectivity index (χ2n) is 11.2. The second-order valence-corrected chi connectivity index (χ2v) is 11.2. The molecule has 3 aliphatic rings. The van der Waals surface area contributed by atoms with E-state index in [0.29, 0.717) is 17.4 Å². The summed E-state index contributed by atoms with van der Waals surface area (Å²) >= 11 is 0. The molecule has 0 saturated heterocycles. The third-order valence-electron chi connectivity index (χ3n) is 9.05. The fourth-order valence-electron chi connectivity index (χ4n) is 7.34. The molecule has 0 heterocycles. The maximum absolute atomic E-state index is 15.6. The molecule has 5 atom stereocenters. The molecule has 1 aromatic carbocycles. The van der Waals surface area contributed by atoms with Crippen LogP contribution in [0.5, 0.6) is 0 Å². The highest BCUT2D eigenvalue weighted by molar-refractivity contribution is 5.39. The Bertz CT molecular complexity index is 724. The minimum Gasteiger partial charge on any atom is -0.207 e. The SMILES string of the molecule is CCCCCCC1CCc2c(cc(F)c(C3CCC4CC(CCC)CCC4C3)c2F)C1. The number of fused-ring (bicyclic) bond motifs is 2. The predicted octanol–water partition coefficient (Wildman–Crippen LogP) is 9.14. The maximum atomic E-state index is 15.6. The van der Waals surface area contributed by atoms with Crippen molar-refractivity contribution in [3.05, 3.63) is 34.4 Å². The van der Waals surface area contributed by atoms with E-state index in [2.05, 4.69) is 13.8 Å². The Morgan fingerprint density at radius 1 is 0.806 bits per heavy atom. The van der Waals surface area contributed by atoms with Crippen molar-refractivity contribution in [3.63, 3.8) is 0 Å². The molecule has 5 unspecified atom stereocenters. The highest BCUT2D eigenvalue weighted by atomic mass is 19.1. The average Bonchev–Trinajstić information content (AvgIpc) is 2.77. The van der Waals surface area contributed by atoms with Crippen LogP contribution < -0.4 is 0 Å². The van der Waals surface area contributed by atoms with Crippen LogP contribution in [0.2, 0.25) is 0 Å². The van der Waals surface area contributed by atoms with Gasteiger partial charge in [0.05, 0.1) is 0 Å². The molecule has 2 heteroatoms. The van der Waals surface area contributed by atoms with Gasteiger partial charge in [0.1, 0.15) is 11.6 Å². The molecule has 0 aliphatic heterocycles. The Hall–Kier alpha value is -0.920. The van der Waals surface area contributed by atoms with Crippen LogP contribution in [0.4, 0.5) is 8.78 Å². The zero-order chi connectivity index (χ0) is 21.8. The number of hydrogen-bond donors (Lipinski definition) is 0. The third kappa shape index (κ3) is 5.36. The van der Waals surface area contributed by atoms with E-state index in [-0.39, 0.29) is 17.6 Å². The van der Waals surface area contributed by atoms with Gasteiger partial charge in [-0.25, -0.2) is 8.78 Å². The number of halogens is 2. The quantitative estimate of drug-likeness (QED) is 0.361. The minimum atomic E-state index is -0.244. The lowest BCUT2D eigenvalue weighted by Gasteiger charge is -2.42. The highest BCUT2D eigenvalue weighted by Crippen LogP contribution is 2.49. The molecule has 174 valence electrons. The Kier molecular flexibility index (Phi) is 8.10. The number of hydrogen-bond acceptors (Lipinski definition) is 0. The van der Waals surface area contributed by atoms with Crippen molar-refractivity contribution >= 4 is 0 Å². The molecule has 3 aliphatic carbocycles. The summed E-state index contributed by atoms with van der Waals surface area (Å²) in [4.78, 5) is 0. The fraction of sp³-hybridized carbons (Fsp3) is 0.793. The average molecular weight is 431 g/mol. The van der Waals surface area contributed by atoms with Gasteiger partial charge in [-0.1, -0.05) is 65.2 Å². The lowest BCUT2D eigenvalue weighted by molar-refractivity contribution is 0.112. The van der Waals surface area contributed by atoms with Gasteiger partial charge in [0, 0.05) is 5.56 Å². The van der Waals surface area contributed by atoms with Gasteiger partial charge in [-0.3, -0.25) is 0 Å². The molecule has 0 N–H and O–H groups in total. The summed E-state index contributed by atoms with van der Waals surface area (Å²) in [5.74, 6) is 2.69. The van der Waals surface area contributed by atoms with Gasteiger partial charge < -0.3 is 0 Å². The number of benzene rings is 1. The Labute approximate surface area is 189 Å². The fourth-order valence-corrected chi connectivity index (χ4v) is 7.34. The lowest BCUT2D eigenvalue weighted by Crippen LogP contribution is -2.31. The first-order valence-corrected chi connectivity index (χ1v) is 13.6. The van der Waals surface area contributed by atoms with Gasteiger partial charge in [0.2, 0.25) is 0 Å². The van der Waals surface area contributed by atoms with Gasteiger partial charge in [0.25, 0.3) is 0 Å². The van der Waals surface area contributed by atoms with Gasteiger partial charge >= 0.3 is 0 Å². The van der Waals surface area contributed by atoms with Gasteiger partial charge in [-0.15, -0.1) is 0 Å². The third-order valence-corrected chi connectivity index (χ3v) is 9.05. The van der Waals surface area contributed by atoms with Gasteiger partial charge in [0.15, 0.2) is 0 Å². The summed E-state index contributed by atoms with van der Waals surface area (Å²) in [7, 11) is 0. The summed E-state index contributed by atoms with van der Waals surface area (Å²) in [5, 5.41) is 0. The van der Waals surface area contributed by atoms with E-state index in [1.807, 2.05) is 0 Å². The smallest absolute Gasteiger partial charge is 0.133 e. The van der Waals surface area contributed by atoms with E-state index in [1.165, 1.54) is 70.6 Å². The van der Waals surface area contributed by atoms with Crippen LogP contribution in [0, 0.1) is 35.3 Å². The molecular formula is C29H44F2. The summed E-state index contributed by atoms with van der Waals surface area (Å²) in [6.45, 7) is 4.53. The Morgan fingerprint density at radius 3 is 2.42 bits per heavy atom. The van der Waals surface area contributed by atoms with Crippen molar-refractivity contribution < 1.29 is 8.78 Å². The zero-order valence-corrected chi connectivity index (χ0v) is 20.0. The van der Waals surface area contributed by atoms with Crippen LogP contribution in [0.15, 0.2) is 6.07 Å². The van der Waals surface area contributed by atoms with Crippen LogP contribution >= 0.6 is 0 Å². The molecule has 2 saturated carbocycles. The van der Waals surface area contributed by atoms with Crippen LogP contribution in [0.25, 0.3) is 0 Å². The molecule has 0 bridgehead atoms. The second kappa shape index (κ2) is 10.8. The summed E-state index contributed by atoms with van der Waals surface area (Å²) < 4.78 is 30.9. The predicted molar refractivity (Wildman–Crippen MR) is 126 cm³/mol. The van der Waals surface area contributed by atoms with Crippen molar-refractivity contribution in [2.45, 2.75) is 122 Å². The molecule has 0 radical (unpaired) electrons. The van der Waals surface area contributed by atoms with Crippen LogP contribution in [-0.4, -0.2) is 0 Å². The van der Waals surface area contributed by atoms with Crippen molar-refractivity contribution in [2.24, 2.45) is 23.7 Å². The summed E-state index contributed by atoms with van der Waals surface area (Å²) in [6.07, 6.45) is 18.9. The molecule has 0 amide bonds. The van der Waals surface area contributed by atoms with Gasteiger partial charge in [-0.2, -0.15) is 0 Å². The zero-order valence-electron chi connectivity index (χ0n) is 20.0. The van der Waals surface area contributed by atoms with E-state index in [9.17, 15) is 0 Å². The van der Waals surface area contributed by atoms with Crippen molar-refractivity contribution in [3.8, 4) is 0 Å². The molecule has 0 aromatic heterocycles. The van der Waals surface area contributed by atoms with E-state index >= 15 is 8.78 Å². The topological polar surface area (TPSA) is 0 Å².